The number of halogens is 2. The fraction of sp³-hybridized carbons (Fsp3) is 0.278. The third-order valence-electron chi connectivity index (χ3n) is 3.75. The summed E-state index contributed by atoms with van der Waals surface area (Å²) in [5, 5.41) is 3.44. The second-order valence-corrected chi connectivity index (χ2v) is 8.70. The van der Waals surface area contributed by atoms with Gasteiger partial charge in [0.25, 0.3) is 0 Å². The van der Waals surface area contributed by atoms with Crippen molar-refractivity contribution in [1.29, 1.82) is 0 Å². The molecule has 0 aromatic heterocycles. The van der Waals surface area contributed by atoms with E-state index in [4.69, 9.17) is 23.2 Å². The number of nitrogens with one attached hydrogen (secondary N) is 1. The third kappa shape index (κ3) is 5.13. The lowest BCUT2D eigenvalue weighted by Gasteiger charge is -2.30. The van der Waals surface area contributed by atoms with Crippen LogP contribution in [-0.4, -0.2) is 26.6 Å². The Bertz CT molecular complexity index is 879. The Hall–Kier alpha value is -1.76. The minimum Gasteiger partial charge on any atom is -0.324 e. The Kier molecular flexibility index (Phi) is 6.55. The molecule has 140 valence electrons. The molecule has 0 aliphatic carbocycles. The van der Waals surface area contributed by atoms with Gasteiger partial charge in [-0.05, 0) is 43.7 Å². The summed E-state index contributed by atoms with van der Waals surface area (Å²) in [6, 6.07) is 10.7. The summed E-state index contributed by atoms with van der Waals surface area (Å²) >= 11 is 11.9. The van der Waals surface area contributed by atoms with Gasteiger partial charge in [-0.15, -0.1) is 0 Å². The van der Waals surface area contributed by atoms with Gasteiger partial charge in [0, 0.05) is 15.7 Å². The number of amides is 1. The lowest BCUT2D eigenvalue weighted by molar-refractivity contribution is -0.117. The first-order valence-corrected chi connectivity index (χ1v) is 10.5. The molecule has 1 atom stereocenters. The van der Waals surface area contributed by atoms with Crippen molar-refractivity contribution in [3.05, 3.63) is 58.1 Å². The zero-order valence-corrected chi connectivity index (χ0v) is 17.0. The Morgan fingerprint density at radius 3 is 2.12 bits per heavy atom. The number of nitrogens with zero attached hydrogens (tertiary/aromatic N) is 1. The van der Waals surface area contributed by atoms with E-state index in [1.54, 1.807) is 49.4 Å². The number of benzene rings is 2. The van der Waals surface area contributed by atoms with Crippen LogP contribution in [0.3, 0.4) is 0 Å². The fourth-order valence-electron chi connectivity index (χ4n) is 2.60. The average molecular weight is 415 g/mol. The summed E-state index contributed by atoms with van der Waals surface area (Å²) in [6.45, 7) is 3.66. The minimum absolute atomic E-state index is 0.293. The van der Waals surface area contributed by atoms with Crippen molar-refractivity contribution in [3.8, 4) is 0 Å². The first-order chi connectivity index (χ1) is 12.1. The molecule has 2 aromatic rings. The number of aryl methyl sites for hydroxylation is 1. The van der Waals surface area contributed by atoms with E-state index in [0.29, 0.717) is 27.8 Å². The molecule has 0 aliphatic rings. The standard InChI is InChI=1S/C18H20Cl2N2O3S/c1-4-17(18(23)21-15-10-13(19)9-14(20)11-15)22(26(3,24)25)16-7-5-12(2)6-8-16/h5-11,17H,4H2,1-3H3,(H,21,23). The monoisotopic (exact) mass is 414 g/mol. The van der Waals surface area contributed by atoms with Crippen LogP contribution in [-0.2, 0) is 14.8 Å². The van der Waals surface area contributed by atoms with E-state index in [9.17, 15) is 13.2 Å². The molecule has 0 spiro atoms. The summed E-state index contributed by atoms with van der Waals surface area (Å²) in [6.07, 6.45) is 1.38. The summed E-state index contributed by atoms with van der Waals surface area (Å²) in [5.41, 5.74) is 1.83. The van der Waals surface area contributed by atoms with Gasteiger partial charge in [-0.2, -0.15) is 0 Å². The van der Waals surface area contributed by atoms with Crippen LogP contribution < -0.4 is 9.62 Å². The Morgan fingerprint density at radius 2 is 1.65 bits per heavy atom. The SMILES string of the molecule is CCC(C(=O)Nc1cc(Cl)cc(Cl)c1)N(c1ccc(C)cc1)S(C)(=O)=O. The highest BCUT2D eigenvalue weighted by atomic mass is 35.5. The molecule has 0 aliphatic heterocycles. The van der Waals surface area contributed by atoms with E-state index in [0.717, 1.165) is 16.1 Å². The third-order valence-corrected chi connectivity index (χ3v) is 5.36. The molecule has 0 fully saturated rings. The molecule has 5 nitrogen and oxygen atoms in total. The smallest absolute Gasteiger partial charge is 0.248 e. The van der Waals surface area contributed by atoms with Crippen LogP contribution in [0.5, 0.6) is 0 Å². The van der Waals surface area contributed by atoms with Crippen molar-refractivity contribution in [2.24, 2.45) is 0 Å². The van der Waals surface area contributed by atoms with Gasteiger partial charge < -0.3 is 5.32 Å². The van der Waals surface area contributed by atoms with Crippen molar-refractivity contribution in [2.45, 2.75) is 26.3 Å². The average Bonchev–Trinajstić information content (AvgIpc) is 2.51. The maximum absolute atomic E-state index is 12.8. The van der Waals surface area contributed by atoms with E-state index < -0.39 is 22.0 Å². The maximum Gasteiger partial charge on any atom is 0.248 e. The lowest BCUT2D eigenvalue weighted by Crippen LogP contribution is -2.47. The van der Waals surface area contributed by atoms with E-state index in [1.807, 2.05) is 6.92 Å². The van der Waals surface area contributed by atoms with Gasteiger partial charge in [0.2, 0.25) is 15.9 Å². The van der Waals surface area contributed by atoms with Gasteiger partial charge >= 0.3 is 0 Å². The highest BCUT2D eigenvalue weighted by molar-refractivity contribution is 7.92. The second kappa shape index (κ2) is 8.29. The van der Waals surface area contributed by atoms with Crippen molar-refractivity contribution >= 4 is 50.5 Å². The zero-order valence-electron chi connectivity index (χ0n) is 14.7. The molecule has 1 N–H and O–H groups in total. The van der Waals surface area contributed by atoms with Crippen molar-refractivity contribution in [2.75, 3.05) is 15.9 Å². The van der Waals surface area contributed by atoms with Crippen LogP contribution in [0.1, 0.15) is 18.9 Å². The van der Waals surface area contributed by atoms with Gasteiger partial charge in [-0.1, -0.05) is 47.8 Å². The molecule has 1 amide bonds. The predicted octanol–water partition coefficient (Wildman–Crippen LogP) is 4.49. The van der Waals surface area contributed by atoms with Crippen LogP contribution in [0, 0.1) is 6.92 Å². The van der Waals surface area contributed by atoms with Crippen molar-refractivity contribution < 1.29 is 13.2 Å². The van der Waals surface area contributed by atoms with Crippen molar-refractivity contribution in [1.82, 2.24) is 0 Å². The molecule has 1 unspecified atom stereocenters. The molecule has 8 heteroatoms. The Morgan fingerprint density at radius 1 is 1.12 bits per heavy atom. The van der Waals surface area contributed by atoms with Gasteiger partial charge in [0.1, 0.15) is 6.04 Å². The van der Waals surface area contributed by atoms with Gasteiger partial charge in [0.15, 0.2) is 0 Å². The predicted molar refractivity (Wildman–Crippen MR) is 108 cm³/mol. The number of anilines is 2. The Labute approximate surface area is 164 Å². The first kappa shape index (κ1) is 20.6. The van der Waals surface area contributed by atoms with Crippen LogP contribution in [0.4, 0.5) is 11.4 Å². The van der Waals surface area contributed by atoms with E-state index in [-0.39, 0.29) is 0 Å². The lowest BCUT2D eigenvalue weighted by atomic mass is 10.1. The fourth-order valence-corrected chi connectivity index (χ4v) is 4.34. The number of carbonyl (C=O) groups is 1. The van der Waals surface area contributed by atoms with E-state index in [2.05, 4.69) is 5.32 Å². The number of hydrogen-bond donors (Lipinski definition) is 1. The van der Waals surface area contributed by atoms with Crippen LogP contribution in [0.2, 0.25) is 10.0 Å². The largest absolute Gasteiger partial charge is 0.324 e. The van der Waals surface area contributed by atoms with Crippen LogP contribution in [0.15, 0.2) is 42.5 Å². The summed E-state index contributed by atoms with van der Waals surface area (Å²) in [7, 11) is -3.68. The zero-order chi connectivity index (χ0) is 19.5. The number of hydrogen-bond acceptors (Lipinski definition) is 3. The molecule has 0 saturated carbocycles. The summed E-state index contributed by atoms with van der Waals surface area (Å²) in [4.78, 5) is 12.8. The van der Waals surface area contributed by atoms with Crippen molar-refractivity contribution in [3.63, 3.8) is 0 Å². The summed E-state index contributed by atoms with van der Waals surface area (Å²) in [5.74, 6) is -0.461. The van der Waals surface area contributed by atoms with Gasteiger partial charge in [0.05, 0.1) is 11.9 Å². The molecule has 0 radical (unpaired) electrons. The number of rotatable bonds is 6. The van der Waals surface area contributed by atoms with Crippen LogP contribution >= 0.6 is 23.2 Å². The van der Waals surface area contributed by atoms with Gasteiger partial charge in [-0.25, -0.2) is 8.42 Å². The molecule has 2 rings (SSSR count). The second-order valence-electron chi connectivity index (χ2n) is 5.97. The summed E-state index contributed by atoms with van der Waals surface area (Å²) < 4.78 is 25.9. The number of sulfonamides is 1. The molecule has 26 heavy (non-hydrogen) atoms. The first-order valence-electron chi connectivity index (χ1n) is 7.95. The van der Waals surface area contributed by atoms with E-state index in [1.165, 1.54) is 0 Å². The molecule has 2 aromatic carbocycles. The Balaban J connectivity index is 2.37. The molecule has 0 heterocycles. The number of carbonyl (C=O) groups excluding carboxylic acids is 1. The molecular formula is C18H20Cl2N2O3S. The van der Waals surface area contributed by atoms with Crippen LogP contribution in [0.25, 0.3) is 0 Å². The van der Waals surface area contributed by atoms with E-state index >= 15 is 0 Å². The molecule has 0 saturated heterocycles. The van der Waals surface area contributed by atoms with Gasteiger partial charge in [-0.3, -0.25) is 9.10 Å². The topological polar surface area (TPSA) is 66.5 Å². The highest BCUT2D eigenvalue weighted by Gasteiger charge is 2.31. The minimum atomic E-state index is -3.68. The molecule has 0 bridgehead atoms. The molecular weight excluding hydrogens is 395 g/mol. The quantitative estimate of drug-likeness (QED) is 0.756. The maximum atomic E-state index is 12.8. The highest BCUT2D eigenvalue weighted by Crippen LogP contribution is 2.26. The normalized spacial score (nSPS) is 12.5.